The number of nitrogens with two attached hydrogens (primary N) is 1. The molecular weight excluding hydrogens is 1550 g/mol. The van der Waals surface area contributed by atoms with E-state index < -0.39 is 71.3 Å². The number of thiazole rings is 3. The third-order valence-electron chi connectivity index (χ3n) is 15.3. The molecule has 0 unspecified atom stereocenters. The molecule has 0 saturated carbocycles. The smallest absolute Gasteiger partial charge is 0.335 e. The molecule has 109 heavy (non-hydrogen) atoms. The Morgan fingerprint density at radius 3 is 1.22 bits per heavy atom. The maximum Gasteiger partial charge on any atom is 0.335 e. The number of fused-ring (bicyclic) bond motifs is 3. The number of halogens is 10. The Kier molecular flexibility index (Phi) is 29.4. The maximum absolute atomic E-state index is 14.8. The second kappa shape index (κ2) is 38.5. The van der Waals surface area contributed by atoms with E-state index in [-0.39, 0.29) is 77.0 Å². The molecule has 0 bridgehead atoms. The number of carboxylic acid groups (broad SMARTS) is 1. The molecule has 2 amide bonds. The van der Waals surface area contributed by atoms with Crippen molar-refractivity contribution in [3.63, 3.8) is 0 Å². The number of nitrogens with one attached hydrogen (secondary N) is 2. The number of aliphatic hydroxyl groups is 2. The van der Waals surface area contributed by atoms with E-state index in [4.69, 9.17) is 36.3 Å². The number of carbonyl (C=O) groups excluding carboxylic acids is 4. The molecule has 12 aromatic rings. The number of carboxylic acids is 1. The topological polar surface area (TPSA) is 310 Å². The van der Waals surface area contributed by atoms with Gasteiger partial charge >= 0.3 is 16.5 Å². The number of benzene rings is 6. The number of aromatic carboxylic acids is 1. The zero-order valence-electron chi connectivity index (χ0n) is 58.6. The van der Waals surface area contributed by atoms with Gasteiger partial charge in [-0.05, 0) is 177 Å². The van der Waals surface area contributed by atoms with Gasteiger partial charge in [-0.25, -0.2) is 46.1 Å². The Labute approximate surface area is 646 Å². The molecule has 6 aromatic heterocycles. The minimum atomic E-state index is -1.14. The van der Waals surface area contributed by atoms with Crippen LogP contribution in [0.3, 0.4) is 0 Å². The number of hydrogen-bond acceptors (Lipinski definition) is 21. The molecule has 0 spiro atoms. The summed E-state index contributed by atoms with van der Waals surface area (Å²) in [6.07, 6.45) is 4.56. The summed E-state index contributed by atoms with van der Waals surface area (Å²) in [6.45, 7) is 7.88. The summed E-state index contributed by atoms with van der Waals surface area (Å²) in [5, 5.41) is 31.6. The Morgan fingerprint density at radius 1 is 0.550 bits per heavy atom. The zero-order valence-corrected chi connectivity index (χ0v) is 62.4. The van der Waals surface area contributed by atoms with E-state index in [0.717, 1.165) is 21.3 Å². The van der Waals surface area contributed by atoms with E-state index in [9.17, 15) is 59.8 Å². The first kappa shape index (κ1) is 83.2. The summed E-state index contributed by atoms with van der Waals surface area (Å²) < 4.78 is 123. The fraction of sp³-hybridized carbons (Fsp3) is 0.213. The van der Waals surface area contributed by atoms with E-state index in [1.165, 1.54) is 107 Å². The third kappa shape index (κ3) is 24.1. The van der Waals surface area contributed by atoms with E-state index in [1.54, 1.807) is 91.3 Å². The van der Waals surface area contributed by atoms with E-state index >= 15 is 0 Å². The Balaban J connectivity index is 0.000000185. The van der Waals surface area contributed by atoms with E-state index in [0.29, 0.717) is 95.3 Å². The lowest BCUT2D eigenvalue weighted by Gasteiger charge is -2.17. The molecular formula is C75H65Cl3F7N9O12S3. The number of pyridine rings is 3. The van der Waals surface area contributed by atoms with Crippen molar-refractivity contribution in [2.24, 2.45) is 0 Å². The van der Waals surface area contributed by atoms with Crippen LogP contribution in [-0.2, 0) is 47.8 Å². The van der Waals surface area contributed by atoms with Gasteiger partial charge in [0.1, 0.15) is 52.0 Å². The van der Waals surface area contributed by atoms with Crippen molar-refractivity contribution in [2.45, 2.75) is 76.8 Å². The van der Waals surface area contributed by atoms with Gasteiger partial charge in [-0.15, -0.1) is 12.4 Å². The number of aromatic nitrogens is 6. The minimum absolute atomic E-state index is 0. The molecule has 21 nitrogen and oxygen atoms in total. The van der Waals surface area contributed by atoms with Gasteiger partial charge in [0.05, 0.1) is 82.9 Å². The van der Waals surface area contributed by atoms with Gasteiger partial charge in [-0.1, -0.05) is 70.4 Å². The predicted octanol–water partition coefficient (Wildman–Crippen LogP) is 16.2. The van der Waals surface area contributed by atoms with Crippen molar-refractivity contribution in [1.82, 2.24) is 29.9 Å². The van der Waals surface area contributed by atoms with Crippen LogP contribution in [0.15, 0.2) is 164 Å². The van der Waals surface area contributed by atoms with Crippen LogP contribution in [0.5, 0.6) is 0 Å². The molecule has 2 aliphatic rings. The Bertz CT molecular complexity index is 5220. The quantitative estimate of drug-likeness (QED) is 0.0297. The number of alkyl halides is 1. The largest absolute Gasteiger partial charge is 0.478 e. The fourth-order valence-electron chi connectivity index (χ4n) is 10.5. The monoisotopic (exact) mass is 1620 g/mol. The summed E-state index contributed by atoms with van der Waals surface area (Å²) in [5.74, 6) is -5.47. The predicted molar refractivity (Wildman–Crippen MR) is 405 cm³/mol. The summed E-state index contributed by atoms with van der Waals surface area (Å²) in [5.41, 5.74) is 12.3. The van der Waals surface area contributed by atoms with Gasteiger partial charge in [0, 0.05) is 65.7 Å². The highest BCUT2D eigenvalue weighted by Gasteiger charge is 2.34. The number of anilines is 3. The number of nitrogen functional groups attached to an aromatic ring is 1. The summed E-state index contributed by atoms with van der Waals surface area (Å²) in [7, 11) is -1.00. The van der Waals surface area contributed by atoms with Crippen LogP contribution < -0.4 is 16.4 Å². The average molecular weight is 1620 g/mol. The van der Waals surface area contributed by atoms with E-state index in [1.807, 2.05) is 27.7 Å². The number of nitrogens with zero attached hydrogens (tertiary/aromatic N) is 6. The second-order valence-electron chi connectivity index (χ2n) is 24.3. The Hall–Kier alpha value is -9.87. The lowest BCUT2D eigenvalue weighted by molar-refractivity contribution is -0.138. The van der Waals surface area contributed by atoms with Crippen LogP contribution >= 0.6 is 69.6 Å². The zero-order chi connectivity index (χ0) is 78.9. The van der Waals surface area contributed by atoms with Gasteiger partial charge < -0.3 is 40.0 Å². The van der Waals surface area contributed by atoms with E-state index in [2.05, 4.69) is 63.7 Å². The summed E-state index contributed by atoms with van der Waals surface area (Å²) in [6, 6.07) is 35.7. The normalized spacial score (nSPS) is 14.8. The molecule has 0 aliphatic carbocycles. The molecule has 14 rings (SSSR count). The standard InChI is InChI=1S/C25H21F2N3O3S.C22H17F2N3O3S.C18H18FNO4.C7H5FN2S.C2Cl2O2.CH3F.ClH/c1-25(2)32-13-18(33-25)9-14-10-19(27)22(28-12-14)15-3-5-16(6-4-15)23(31)30-24-29-20-8-7-17(26)11-21(20)34-24;23-15-5-6-18-19(9-15)31-22(26-18)27-21(30)14-3-1-13(2-4-14)20-17(24)8-12(10-25-20)7-16(29)11-28;1-18(2)23-10-14(24-18)7-11-8-15(19)16(20-9-11)12-3-5-13(6-4-12)17(21)22;8-4-1-2-5-6(3-4)11-7(9)10-5;3-1(5)2(4)6;1-2;/h3-8,10-12,18H,9,13H2,1-2H3,(H,29,30,31);1-6,8-10,16,28-29H,7,11H2,(H,26,27,30);3-6,8-9,14H,7,10H2,1-2H3,(H,21,22);1-3H,(H2,9,10);;1H3;1H/t18-;16-;14-;;;;/m111..../s1/i;;;;;1D;. The van der Waals surface area contributed by atoms with Gasteiger partial charge in [0.2, 0.25) is 0 Å². The third-order valence-corrected chi connectivity index (χ3v) is 18.5. The molecule has 8 heterocycles. The molecule has 3 atom stereocenters. The van der Waals surface area contributed by atoms with Crippen molar-refractivity contribution >= 4 is 144 Å². The van der Waals surface area contributed by atoms with Gasteiger partial charge in [0.15, 0.2) is 27.0 Å². The lowest BCUT2D eigenvalue weighted by Crippen LogP contribution is -2.22. The minimum Gasteiger partial charge on any atom is -0.478 e. The number of aliphatic hydroxyl groups excluding tert-OH is 2. The van der Waals surface area contributed by atoms with Crippen LogP contribution in [0.2, 0.25) is 0 Å². The highest BCUT2D eigenvalue weighted by atomic mass is 35.5. The van der Waals surface area contributed by atoms with Gasteiger partial charge in [0.25, 0.3) is 11.8 Å². The molecule has 2 aliphatic heterocycles. The molecule has 0 radical (unpaired) electrons. The summed E-state index contributed by atoms with van der Waals surface area (Å²) >= 11 is 12.6. The molecule has 7 N–H and O–H groups in total. The van der Waals surface area contributed by atoms with Crippen molar-refractivity contribution in [3.05, 3.63) is 232 Å². The summed E-state index contributed by atoms with van der Waals surface area (Å²) in [4.78, 5) is 79.9. The van der Waals surface area contributed by atoms with Crippen LogP contribution in [-0.4, -0.2) is 130 Å². The molecule has 2 fully saturated rings. The van der Waals surface area contributed by atoms with Crippen LogP contribution in [0.25, 0.3) is 64.4 Å². The molecule has 2 saturated heterocycles. The van der Waals surface area contributed by atoms with Crippen LogP contribution in [0, 0.1) is 34.9 Å². The number of rotatable bonds is 16. The first-order valence-electron chi connectivity index (χ1n) is 32.8. The van der Waals surface area contributed by atoms with Crippen molar-refractivity contribution in [2.75, 3.05) is 43.3 Å². The van der Waals surface area contributed by atoms with Gasteiger partial charge in [-0.3, -0.25) is 49.2 Å². The van der Waals surface area contributed by atoms with Crippen LogP contribution in [0.4, 0.5) is 46.1 Å². The number of carbonyl (C=O) groups is 5. The molecule has 34 heteroatoms. The first-order valence-corrected chi connectivity index (χ1v) is 35.3. The lowest BCUT2D eigenvalue weighted by atomic mass is 10.1. The second-order valence-corrected chi connectivity index (χ2v) is 28.1. The first-order chi connectivity index (χ1) is 51.8. The van der Waals surface area contributed by atoms with Crippen molar-refractivity contribution in [3.8, 4) is 33.8 Å². The Morgan fingerprint density at radius 2 is 0.890 bits per heavy atom. The average Bonchev–Trinajstić information content (AvgIpc) is 1.48. The molecule has 570 valence electrons. The van der Waals surface area contributed by atoms with Crippen molar-refractivity contribution < 1.29 is 90.3 Å². The maximum atomic E-state index is 14.8. The molecule has 6 aromatic carbocycles. The number of ether oxygens (including phenoxy) is 4. The highest BCUT2D eigenvalue weighted by Crippen LogP contribution is 2.33. The number of amides is 2. The number of hydrogen-bond donors (Lipinski definition) is 6. The SMILES string of the molecule is CC1(C)OC[C@@H](Cc2cnc(-c3ccc(C(=O)Nc4nc5ccc(F)cc5s4)cc3)c(F)c2)O1.CC1(C)OC[C@@H](Cc2cnc(-c3ccc(C(=O)O)cc3)c(F)c2)O1.Cl.Nc1nc2ccc(F)cc2s1.O=C(Cl)C(=O)Cl.O=C(Nc1nc2ccc(F)cc2s1)c1ccc(-c2ncc(C[C@@H](O)CO)cc2F)cc1.[2H]CF. The highest BCUT2D eigenvalue weighted by molar-refractivity contribution is 7.23. The van der Waals surface area contributed by atoms with Gasteiger partial charge in [-0.2, -0.15) is 0 Å². The van der Waals surface area contributed by atoms with Crippen molar-refractivity contribution in [1.29, 1.82) is 0 Å². The van der Waals surface area contributed by atoms with Crippen LogP contribution in [0.1, 0.15) is 76.8 Å². The fourth-order valence-corrected chi connectivity index (χ4v) is 13.0.